The zero-order valence-electron chi connectivity index (χ0n) is 18.4. The summed E-state index contributed by atoms with van der Waals surface area (Å²) in [6.45, 7) is 0.430. The third-order valence-corrected chi connectivity index (χ3v) is 5.75. The summed E-state index contributed by atoms with van der Waals surface area (Å²) in [5, 5.41) is 0. The van der Waals surface area contributed by atoms with Crippen molar-refractivity contribution in [2.24, 2.45) is 0 Å². The Labute approximate surface area is 198 Å². The molecule has 1 unspecified atom stereocenters. The monoisotopic (exact) mass is 446 g/mol. The first-order valence-electron chi connectivity index (χ1n) is 11.1. The summed E-state index contributed by atoms with van der Waals surface area (Å²) in [6, 6.07) is 34.2. The standard InChI is InChI=1S/C15H12O2.C15H10O2/c16-15-12-8-4-5-9-14(12)17-10-13(15)11-6-2-1-3-7-11;16-15-12-8-4-5-9-13(12)17-14(15)10-11-6-2-1-3-7-11/h1-9,13H,10H2;1-10H/b;14-10-. The zero-order chi connectivity index (χ0) is 23.3. The molecule has 4 nitrogen and oxygen atoms in total. The third kappa shape index (κ3) is 4.39. The fourth-order valence-electron chi connectivity index (χ4n) is 4.00. The average Bonchev–Trinajstić information content (AvgIpc) is 3.21. The van der Waals surface area contributed by atoms with E-state index in [9.17, 15) is 9.59 Å². The van der Waals surface area contributed by atoms with Crippen molar-refractivity contribution in [2.75, 3.05) is 6.61 Å². The molecule has 0 aromatic heterocycles. The molecule has 0 fully saturated rings. The minimum Gasteiger partial charge on any atom is -0.492 e. The Bertz CT molecular complexity index is 1360. The third-order valence-electron chi connectivity index (χ3n) is 5.75. The van der Waals surface area contributed by atoms with E-state index in [0.717, 1.165) is 11.1 Å². The Morgan fingerprint density at radius 2 is 1.24 bits per heavy atom. The first-order valence-corrected chi connectivity index (χ1v) is 11.1. The van der Waals surface area contributed by atoms with E-state index < -0.39 is 0 Å². The van der Waals surface area contributed by atoms with Gasteiger partial charge in [-0.3, -0.25) is 9.59 Å². The van der Waals surface area contributed by atoms with Crippen LogP contribution < -0.4 is 9.47 Å². The zero-order valence-corrected chi connectivity index (χ0v) is 18.4. The molecule has 0 saturated heterocycles. The topological polar surface area (TPSA) is 52.6 Å². The number of hydrogen-bond acceptors (Lipinski definition) is 4. The van der Waals surface area contributed by atoms with E-state index in [-0.39, 0.29) is 17.5 Å². The van der Waals surface area contributed by atoms with Gasteiger partial charge in [-0.1, -0.05) is 84.9 Å². The molecular weight excluding hydrogens is 424 g/mol. The fourth-order valence-corrected chi connectivity index (χ4v) is 4.00. The van der Waals surface area contributed by atoms with Crippen molar-refractivity contribution in [2.45, 2.75) is 5.92 Å². The molecule has 4 aromatic carbocycles. The van der Waals surface area contributed by atoms with Crippen LogP contribution in [0.25, 0.3) is 6.08 Å². The van der Waals surface area contributed by atoms with E-state index in [1.807, 2.05) is 97.1 Å². The molecule has 166 valence electrons. The van der Waals surface area contributed by atoms with E-state index in [0.29, 0.717) is 35.0 Å². The Kier molecular flexibility index (Phi) is 6.04. The molecule has 0 N–H and O–H groups in total. The quantitative estimate of drug-likeness (QED) is 0.337. The highest BCUT2D eigenvalue weighted by molar-refractivity contribution is 6.14. The molecule has 2 aliphatic heterocycles. The number of ketones is 2. The van der Waals surface area contributed by atoms with Crippen LogP contribution in [0.15, 0.2) is 115 Å². The smallest absolute Gasteiger partial charge is 0.231 e. The fraction of sp³-hybridized carbons (Fsp3) is 0.0667. The van der Waals surface area contributed by atoms with Gasteiger partial charge in [0.25, 0.3) is 0 Å². The maximum atomic E-state index is 12.3. The number of fused-ring (bicyclic) bond motifs is 2. The molecule has 2 aliphatic rings. The second-order valence-electron chi connectivity index (χ2n) is 7.98. The molecule has 4 heteroatoms. The maximum Gasteiger partial charge on any atom is 0.231 e. The van der Waals surface area contributed by atoms with Crippen molar-refractivity contribution >= 4 is 17.6 Å². The number of benzene rings is 4. The van der Waals surface area contributed by atoms with Gasteiger partial charge in [0.15, 0.2) is 11.5 Å². The SMILES string of the molecule is O=C1/C(=C/c2ccccc2)Oc2ccccc21.O=C1c2ccccc2OCC1c1ccccc1. The van der Waals surface area contributed by atoms with E-state index in [2.05, 4.69) is 0 Å². The average molecular weight is 447 g/mol. The summed E-state index contributed by atoms with van der Waals surface area (Å²) in [4.78, 5) is 24.3. The van der Waals surface area contributed by atoms with Gasteiger partial charge in [0.05, 0.1) is 17.0 Å². The van der Waals surface area contributed by atoms with Crippen LogP contribution in [0.2, 0.25) is 0 Å². The van der Waals surface area contributed by atoms with Crippen molar-refractivity contribution in [3.05, 3.63) is 137 Å². The summed E-state index contributed by atoms with van der Waals surface area (Å²) in [7, 11) is 0. The highest BCUT2D eigenvalue weighted by Gasteiger charge is 2.29. The first kappa shape index (κ1) is 21.4. The molecule has 0 amide bonds. The number of ether oxygens (including phenoxy) is 2. The van der Waals surface area contributed by atoms with E-state index in [1.54, 1.807) is 18.2 Å². The van der Waals surface area contributed by atoms with Gasteiger partial charge >= 0.3 is 0 Å². The van der Waals surface area contributed by atoms with Gasteiger partial charge in [0.1, 0.15) is 18.1 Å². The molecule has 6 rings (SSSR count). The van der Waals surface area contributed by atoms with Crippen LogP contribution in [0.1, 0.15) is 37.8 Å². The molecule has 1 atom stereocenters. The maximum absolute atomic E-state index is 12.3. The minimum absolute atomic E-state index is 0.0514. The van der Waals surface area contributed by atoms with Crippen LogP contribution in [0.3, 0.4) is 0 Å². The Hall–Kier alpha value is -4.44. The Morgan fingerprint density at radius 1 is 0.647 bits per heavy atom. The van der Waals surface area contributed by atoms with Crippen molar-refractivity contribution in [3.63, 3.8) is 0 Å². The van der Waals surface area contributed by atoms with Crippen molar-refractivity contribution in [3.8, 4) is 11.5 Å². The van der Waals surface area contributed by atoms with Crippen LogP contribution in [0.4, 0.5) is 0 Å². The predicted molar refractivity (Wildman–Crippen MR) is 131 cm³/mol. The largest absolute Gasteiger partial charge is 0.492 e. The second kappa shape index (κ2) is 9.59. The van der Waals surface area contributed by atoms with Crippen molar-refractivity contribution < 1.29 is 19.1 Å². The molecular formula is C30H22O4. The van der Waals surface area contributed by atoms with Gasteiger partial charge in [-0.2, -0.15) is 0 Å². The molecule has 0 radical (unpaired) electrons. The van der Waals surface area contributed by atoms with Crippen LogP contribution in [0.5, 0.6) is 11.5 Å². The highest BCUT2D eigenvalue weighted by Crippen LogP contribution is 2.32. The van der Waals surface area contributed by atoms with Crippen LogP contribution in [-0.4, -0.2) is 18.2 Å². The molecule has 0 bridgehead atoms. The van der Waals surface area contributed by atoms with E-state index in [4.69, 9.17) is 9.47 Å². The van der Waals surface area contributed by atoms with Crippen LogP contribution >= 0.6 is 0 Å². The molecule has 34 heavy (non-hydrogen) atoms. The predicted octanol–water partition coefficient (Wildman–Crippen LogP) is 6.35. The molecule has 0 spiro atoms. The summed E-state index contributed by atoms with van der Waals surface area (Å²) in [5.41, 5.74) is 3.30. The van der Waals surface area contributed by atoms with Crippen LogP contribution in [0, 0.1) is 0 Å². The van der Waals surface area contributed by atoms with Crippen molar-refractivity contribution in [1.29, 1.82) is 0 Å². The Morgan fingerprint density at radius 3 is 1.94 bits per heavy atom. The highest BCUT2D eigenvalue weighted by atomic mass is 16.5. The molecule has 0 saturated carbocycles. The lowest BCUT2D eigenvalue weighted by molar-refractivity contribution is 0.0896. The normalized spacial score (nSPS) is 17.1. The molecule has 0 aliphatic carbocycles. The molecule has 2 heterocycles. The summed E-state index contributed by atoms with van der Waals surface area (Å²) in [6.07, 6.45) is 1.77. The number of carbonyl (C=O) groups excluding carboxylic acids is 2. The number of Topliss-reactive ketones (excluding diaryl/α,β-unsaturated/α-hetero) is 2. The number of rotatable bonds is 2. The van der Waals surface area contributed by atoms with E-state index >= 15 is 0 Å². The van der Waals surface area contributed by atoms with Crippen LogP contribution in [-0.2, 0) is 0 Å². The minimum atomic E-state index is -0.175. The number of hydrogen-bond donors (Lipinski definition) is 0. The number of carbonyl (C=O) groups is 2. The summed E-state index contributed by atoms with van der Waals surface area (Å²) >= 11 is 0. The second-order valence-corrected chi connectivity index (χ2v) is 7.98. The van der Waals surface area contributed by atoms with Gasteiger partial charge in [0, 0.05) is 0 Å². The van der Waals surface area contributed by atoms with Gasteiger partial charge in [-0.05, 0) is 41.5 Å². The first-order chi connectivity index (χ1) is 16.7. The summed E-state index contributed by atoms with van der Waals surface area (Å²) < 4.78 is 11.2. The lowest BCUT2D eigenvalue weighted by Gasteiger charge is -2.24. The van der Waals surface area contributed by atoms with Gasteiger partial charge in [-0.25, -0.2) is 0 Å². The van der Waals surface area contributed by atoms with Gasteiger partial charge < -0.3 is 9.47 Å². The van der Waals surface area contributed by atoms with Gasteiger partial charge in [0.2, 0.25) is 5.78 Å². The Balaban J connectivity index is 0.000000142. The van der Waals surface area contributed by atoms with Crippen molar-refractivity contribution in [1.82, 2.24) is 0 Å². The summed E-state index contributed by atoms with van der Waals surface area (Å²) in [5.74, 6) is 1.65. The van der Waals surface area contributed by atoms with E-state index in [1.165, 1.54) is 0 Å². The number of para-hydroxylation sites is 2. The number of allylic oxidation sites excluding steroid dienone is 1. The lowest BCUT2D eigenvalue weighted by Crippen LogP contribution is -2.25. The van der Waals surface area contributed by atoms with Gasteiger partial charge in [-0.15, -0.1) is 0 Å². The lowest BCUT2D eigenvalue weighted by atomic mass is 9.89. The molecule has 4 aromatic rings.